The monoisotopic (exact) mass is 903 g/mol. The molecule has 2 fully saturated rings. The van der Waals surface area contributed by atoms with Gasteiger partial charge in [0.1, 0.15) is 12.2 Å². The van der Waals surface area contributed by atoms with Crippen LogP contribution in [0.5, 0.6) is 34.8 Å². The molecule has 344 valence electrons. The van der Waals surface area contributed by atoms with E-state index in [2.05, 4.69) is 48.9 Å². The van der Waals surface area contributed by atoms with Crippen molar-refractivity contribution in [3.8, 4) is 34.8 Å². The third-order valence-corrected chi connectivity index (χ3v) is 13.3. The van der Waals surface area contributed by atoms with E-state index in [0.717, 1.165) is 44.1 Å². The second-order valence-corrected chi connectivity index (χ2v) is 17.3. The van der Waals surface area contributed by atoms with Crippen molar-refractivity contribution in [2.45, 2.75) is 44.2 Å². The van der Waals surface area contributed by atoms with Gasteiger partial charge in [-0.2, -0.15) is 20.4 Å². The van der Waals surface area contributed by atoms with Gasteiger partial charge in [0.05, 0.1) is 111 Å². The van der Waals surface area contributed by atoms with Crippen LogP contribution >= 0.6 is 0 Å². The molecule has 17 nitrogen and oxygen atoms in total. The summed E-state index contributed by atoms with van der Waals surface area (Å²) < 4.78 is 36.7. The van der Waals surface area contributed by atoms with Crippen molar-refractivity contribution in [2.75, 3.05) is 71.0 Å². The zero-order valence-corrected chi connectivity index (χ0v) is 38.4. The lowest BCUT2D eigenvalue weighted by Gasteiger charge is -2.45. The van der Waals surface area contributed by atoms with Crippen LogP contribution in [-0.2, 0) is 0 Å². The summed E-state index contributed by atoms with van der Waals surface area (Å²) in [7, 11) is 6.48. The molecule has 17 heteroatoms. The standard InChI is InChI=1S/C50H53N11O6/c1-7-50(2,51)61(41-27-60(29-47(41)67-48-17-16-30-12-8-9-13-34(30)55-48)40-23-54-58-38-21-45(65-6)43(63-4)19-33(38)40)26-31-25-59(28-46(31)66-49-24-52-35-14-10-11-15-36(35)56-49)39-22-53-57-37-20-44(64-5)42(62-3)18-32(37)39/h8-24,31,41,46-47H,7,25-29,51H2,1-6H3. The van der Waals surface area contributed by atoms with Crippen LogP contribution in [0.25, 0.3) is 43.7 Å². The maximum absolute atomic E-state index is 7.50. The Hall–Kier alpha value is -7.37. The van der Waals surface area contributed by atoms with E-state index < -0.39 is 5.66 Å². The Kier molecular flexibility index (Phi) is 11.8. The first-order valence-corrected chi connectivity index (χ1v) is 22.4. The number of rotatable bonds is 15. The Labute approximate surface area is 387 Å². The fraction of sp³-hybridized carbons (Fsp3) is 0.340. The minimum Gasteiger partial charge on any atom is -0.493 e. The molecule has 10 rings (SSSR count). The maximum atomic E-state index is 7.50. The normalized spacial score (nSPS) is 19.3. The molecule has 2 N–H and O–H groups in total. The number of nitrogens with two attached hydrogens (primary N) is 1. The Bertz CT molecular complexity index is 3090. The summed E-state index contributed by atoms with van der Waals surface area (Å²) in [6.45, 7) is 6.95. The Morgan fingerprint density at radius 3 is 1.81 bits per heavy atom. The van der Waals surface area contributed by atoms with E-state index in [1.165, 1.54) is 0 Å². The van der Waals surface area contributed by atoms with E-state index in [-0.39, 0.29) is 24.2 Å². The van der Waals surface area contributed by atoms with Gasteiger partial charge >= 0.3 is 0 Å². The molecule has 5 unspecified atom stereocenters. The summed E-state index contributed by atoms with van der Waals surface area (Å²) in [5.41, 5.74) is 12.2. The average Bonchev–Trinajstić information content (AvgIpc) is 3.96. The molecule has 0 bridgehead atoms. The van der Waals surface area contributed by atoms with Gasteiger partial charge in [-0.25, -0.2) is 15.0 Å². The summed E-state index contributed by atoms with van der Waals surface area (Å²) >= 11 is 0. The van der Waals surface area contributed by atoms with Gasteiger partial charge < -0.3 is 44.0 Å². The lowest BCUT2D eigenvalue weighted by molar-refractivity contribution is -0.00515. The fourth-order valence-electron chi connectivity index (χ4n) is 9.56. The molecule has 2 aliphatic heterocycles. The van der Waals surface area contributed by atoms with Crippen molar-refractivity contribution in [2.24, 2.45) is 11.7 Å². The zero-order valence-electron chi connectivity index (χ0n) is 38.4. The molecule has 2 saturated heterocycles. The Morgan fingerprint density at radius 2 is 1.16 bits per heavy atom. The number of benzene rings is 4. The van der Waals surface area contributed by atoms with Crippen LogP contribution in [0, 0.1) is 5.92 Å². The average molecular weight is 904 g/mol. The number of para-hydroxylation sites is 3. The van der Waals surface area contributed by atoms with E-state index in [4.69, 9.17) is 49.1 Å². The quantitative estimate of drug-likeness (QED) is 0.107. The van der Waals surface area contributed by atoms with Crippen LogP contribution in [-0.4, -0.2) is 125 Å². The third kappa shape index (κ3) is 8.40. The van der Waals surface area contributed by atoms with Gasteiger partial charge in [-0.05, 0) is 49.7 Å². The molecule has 0 amide bonds. The van der Waals surface area contributed by atoms with Gasteiger partial charge in [0.15, 0.2) is 23.0 Å². The number of pyridine rings is 1. The predicted octanol–water partition coefficient (Wildman–Crippen LogP) is 6.71. The van der Waals surface area contributed by atoms with Crippen molar-refractivity contribution in [3.05, 3.63) is 104 Å². The highest BCUT2D eigenvalue weighted by molar-refractivity contribution is 5.94. The number of aromatic nitrogens is 7. The molecule has 4 aromatic heterocycles. The van der Waals surface area contributed by atoms with Gasteiger partial charge in [-0.15, -0.1) is 0 Å². The molecule has 2 aliphatic rings. The molecule has 0 radical (unpaired) electrons. The third-order valence-electron chi connectivity index (χ3n) is 13.3. The van der Waals surface area contributed by atoms with E-state index >= 15 is 0 Å². The lowest BCUT2D eigenvalue weighted by Crippen LogP contribution is -2.63. The molecule has 67 heavy (non-hydrogen) atoms. The molecule has 6 heterocycles. The van der Waals surface area contributed by atoms with Crippen LogP contribution in [0.3, 0.4) is 0 Å². The SMILES string of the molecule is CCC(C)(N)N(CC1CN(c2cnnc3cc(OC)c(OC)cc23)CC1Oc1cnc2ccccc2n1)C1CN(c2cnnc3cc(OC)c(OC)cc23)CC1Oc1ccc2ccccc2n1. The number of ether oxygens (including phenoxy) is 6. The van der Waals surface area contributed by atoms with Crippen LogP contribution in [0.2, 0.25) is 0 Å². The predicted molar refractivity (Wildman–Crippen MR) is 257 cm³/mol. The van der Waals surface area contributed by atoms with Crippen molar-refractivity contribution < 1.29 is 28.4 Å². The van der Waals surface area contributed by atoms with Gasteiger partial charge in [0.25, 0.3) is 0 Å². The van der Waals surface area contributed by atoms with Crippen LogP contribution in [0.15, 0.2) is 104 Å². The summed E-state index contributed by atoms with van der Waals surface area (Å²) in [5.74, 6) is 3.21. The van der Waals surface area contributed by atoms with E-state index in [9.17, 15) is 0 Å². The number of hydrogen-bond acceptors (Lipinski definition) is 17. The zero-order chi connectivity index (χ0) is 46.2. The summed E-state index contributed by atoms with van der Waals surface area (Å²) in [4.78, 5) is 21.6. The van der Waals surface area contributed by atoms with Crippen molar-refractivity contribution in [3.63, 3.8) is 0 Å². The summed E-state index contributed by atoms with van der Waals surface area (Å²) in [6.07, 6.45) is 5.23. The summed E-state index contributed by atoms with van der Waals surface area (Å²) in [5, 5.41) is 20.6. The van der Waals surface area contributed by atoms with E-state index in [1.54, 1.807) is 47.0 Å². The van der Waals surface area contributed by atoms with Gasteiger partial charge in [0, 0.05) is 59.9 Å². The van der Waals surface area contributed by atoms with Crippen LogP contribution < -0.4 is 44.0 Å². The summed E-state index contributed by atoms with van der Waals surface area (Å²) in [6, 6.07) is 27.2. The molecule has 4 aromatic carbocycles. The topological polar surface area (TPSA) is 181 Å². The fourth-order valence-corrected chi connectivity index (χ4v) is 9.56. The van der Waals surface area contributed by atoms with Crippen molar-refractivity contribution in [1.82, 2.24) is 40.2 Å². The van der Waals surface area contributed by atoms with E-state index in [1.807, 2.05) is 84.9 Å². The highest BCUT2D eigenvalue weighted by Crippen LogP contribution is 2.41. The number of methoxy groups -OCH3 is 4. The first kappa shape index (κ1) is 43.5. The Morgan fingerprint density at radius 1 is 0.612 bits per heavy atom. The van der Waals surface area contributed by atoms with Gasteiger partial charge in [-0.3, -0.25) is 4.90 Å². The molecule has 0 saturated carbocycles. The highest BCUT2D eigenvalue weighted by atomic mass is 16.5. The van der Waals surface area contributed by atoms with Crippen molar-refractivity contribution in [1.29, 1.82) is 0 Å². The molecular weight excluding hydrogens is 851 g/mol. The second kappa shape index (κ2) is 18.1. The minimum atomic E-state index is -0.788. The second-order valence-electron chi connectivity index (χ2n) is 17.3. The Balaban J connectivity index is 1.05. The largest absolute Gasteiger partial charge is 0.493 e. The maximum Gasteiger partial charge on any atom is 0.233 e. The van der Waals surface area contributed by atoms with E-state index in [0.29, 0.717) is 84.9 Å². The lowest BCUT2D eigenvalue weighted by atomic mass is 9.97. The van der Waals surface area contributed by atoms with Crippen LogP contribution in [0.1, 0.15) is 20.3 Å². The van der Waals surface area contributed by atoms with Gasteiger partial charge in [0.2, 0.25) is 11.8 Å². The number of fused-ring (bicyclic) bond motifs is 4. The first-order valence-electron chi connectivity index (χ1n) is 22.4. The highest BCUT2D eigenvalue weighted by Gasteiger charge is 2.47. The van der Waals surface area contributed by atoms with Crippen molar-refractivity contribution >= 4 is 55.1 Å². The first-order chi connectivity index (χ1) is 32.7. The number of hydrogen-bond donors (Lipinski definition) is 1. The minimum absolute atomic E-state index is 0.0975. The molecule has 0 spiro atoms. The smallest absolute Gasteiger partial charge is 0.233 e. The molecule has 5 atom stereocenters. The molecular formula is C50H53N11O6. The molecule has 0 aliphatic carbocycles. The number of nitrogens with zero attached hydrogens (tertiary/aromatic N) is 10. The van der Waals surface area contributed by atoms with Gasteiger partial charge in [-0.1, -0.05) is 37.3 Å². The number of anilines is 2. The molecule has 8 aromatic rings. The van der Waals surface area contributed by atoms with Crippen LogP contribution in [0.4, 0.5) is 11.4 Å².